The molecule has 2 atom stereocenters. The smallest absolute Gasteiger partial charge is 0.265 e. The summed E-state index contributed by atoms with van der Waals surface area (Å²) in [5, 5.41) is 9.64. The van der Waals surface area contributed by atoms with Gasteiger partial charge in [-0.3, -0.25) is 24.2 Å². The van der Waals surface area contributed by atoms with Crippen LogP contribution in [0.3, 0.4) is 0 Å². The van der Waals surface area contributed by atoms with Crippen molar-refractivity contribution in [1.29, 1.82) is 0 Å². The molecule has 11 heteroatoms. The van der Waals surface area contributed by atoms with Gasteiger partial charge in [0.25, 0.3) is 5.91 Å². The quantitative estimate of drug-likeness (QED) is 0.442. The lowest BCUT2D eigenvalue weighted by molar-refractivity contribution is -0.150. The standard InChI is InChI=1S/C17H22N4O3S.C9H17NO.C9H18O.H2/c1-16(2)3-10(16)14(23)21-7-17(8-21)6-20(5-11(17)13(18)22)15(24)12-4-19-9-25-12;1-2-6-9(11)10-7-4-3-5-8-10;1-9(2,10)8-6-4-3-5-7-8;/h4,9-11H,3,5-8H2,1-2H3,(H2,18,22);2-8H2,1H3;8,10H,3-7H2,1-2H3;1H/t10-,11+;;;/m1.../s1. The largest absolute Gasteiger partial charge is 0.390 e. The third-order valence-electron chi connectivity index (χ3n) is 10.8. The summed E-state index contributed by atoms with van der Waals surface area (Å²) < 4.78 is 0. The summed E-state index contributed by atoms with van der Waals surface area (Å²) in [7, 11) is 0. The molecule has 1 spiro atoms. The minimum Gasteiger partial charge on any atom is -0.390 e. The van der Waals surface area contributed by atoms with Gasteiger partial charge < -0.3 is 25.5 Å². The van der Waals surface area contributed by atoms with Gasteiger partial charge in [0.05, 0.1) is 23.2 Å². The number of thiazole rings is 1. The van der Waals surface area contributed by atoms with Crippen LogP contribution in [-0.4, -0.2) is 93.3 Å². The summed E-state index contributed by atoms with van der Waals surface area (Å²) in [5.74, 6) is 0.269. The summed E-state index contributed by atoms with van der Waals surface area (Å²) in [6.45, 7) is 13.9. The SMILES string of the molecule is CC(C)(O)C1CCCCC1.CC1(C)C[C@@H]1C(=O)N1CC2(CN(C(=O)c3cncs3)C[C@H]2C(N)=O)C1.CCCC(=O)N1CCCCC1.[HH]. The first-order chi connectivity index (χ1) is 21.7. The number of likely N-dealkylation sites (tertiary alicyclic amines) is 3. The predicted molar refractivity (Wildman–Crippen MR) is 182 cm³/mol. The van der Waals surface area contributed by atoms with Gasteiger partial charge in [-0.25, -0.2) is 0 Å². The Balaban J connectivity index is 0.000000226. The topological polar surface area (TPSA) is 137 Å². The summed E-state index contributed by atoms with van der Waals surface area (Å²) >= 11 is 1.29. The van der Waals surface area contributed by atoms with Crippen molar-refractivity contribution in [2.45, 2.75) is 111 Å². The van der Waals surface area contributed by atoms with E-state index in [2.05, 4.69) is 25.8 Å². The van der Waals surface area contributed by atoms with E-state index >= 15 is 0 Å². The van der Waals surface area contributed by atoms with Crippen LogP contribution in [0.2, 0.25) is 0 Å². The molecule has 2 saturated carbocycles. The molecule has 260 valence electrons. The molecule has 4 amide bonds. The fourth-order valence-electron chi connectivity index (χ4n) is 7.62. The van der Waals surface area contributed by atoms with Gasteiger partial charge in [0, 0.05) is 58.4 Å². The molecule has 10 nitrogen and oxygen atoms in total. The lowest BCUT2D eigenvalue weighted by atomic mass is 9.71. The summed E-state index contributed by atoms with van der Waals surface area (Å²) in [6.07, 6.45) is 14.3. The number of amides is 4. The van der Waals surface area contributed by atoms with E-state index in [0.717, 1.165) is 32.4 Å². The van der Waals surface area contributed by atoms with Crippen LogP contribution in [0.4, 0.5) is 0 Å². The van der Waals surface area contributed by atoms with Gasteiger partial charge in [-0.15, -0.1) is 11.3 Å². The Morgan fingerprint density at radius 1 is 0.978 bits per heavy atom. The number of carbonyl (C=O) groups excluding carboxylic acids is 4. The Labute approximate surface area is 280 Å². The number of nitrogens with zero attached hydrogens (tertiary/aromatic N) is 4. The maximum atomic E-state index is 12.6. The number of rotatable bonds is 6. The first-order valence-corrected chi connectivity index (χ1v) is 18.3. The zero-order valence-corrected chi connectivity index (χ0v) is 29.6. The molecule has 0 radical (unpaired) electrons. The van der Waals surface area contributed by atoms with E-state index < -0.39 is 17.4 Å². The fraction of sp³-hybridized carbons (Fsp3) is 0.800. The molecule has 5 aliphatic rings. The van der Waals surface area contributed by atoms with Crippen molar-refractivity contribution in [2.24, 2.45) is 34.3 Å². The maximum Gasteiger partial charge on any atom is 0.265 e. The Bertz CT molecular complexity index is 1200. The molecule has 1 aromatic rings. The summed E-state index contributed by atoms with van der Waals surface area (Å²) in [4.78, 5) is 58.4. The average Bonchev–Trinajstić information content (AvgIpc) is 3.38. The second kappa shape index (κ2) is 15.1. The van der Waals surface area contributed by atoms with Gasteiger partial charge in [0.15, 0.2) is 0 Å². The van der Waals surface area contributed by atoms with Crippen LogP contribution >= 0.6 is 11.3 Å². The third-order valence-corrected chi connectivity index (χ3v) is 11.6. The zero-order chi connectivity index (χ0) is 33.7. The molecular formula is C35H59N5O5S. The molecule has 6 rings (SSSR count). The molecule has 0 unspecified atom stereocenters. The molecule has 3 saturated heterocycles. The Morgan fingerprint density at radius 2 is 1.57 bits per heavy atom. The van der Waals surface area contributed by atoms with Crippen molar-refractivity contribution < 1.29 is 25.7 Å². The minimum atomic E-state index is -0.430. The number of nitrogens with two attached hydrogens (primary N) is 1. The first kappa shape index (κ1) is 36.3. The lowest BCUT2D eigenvalue weighted by Gasteiger charge is -2.50. The average molecular weight is 662 g/mol. The Kier molecular flexibility index (Phi) is 11.9. The van der Waals surface area contributed by atoms with Crippen molar-refractivity contribution in [2.75, 3.05) is 39.3 Å². The van der Waals surface area contributed by atoms with Crippen LogP contribution in [-0.2, 0) is 14.4 Å². The number of hydrogen-bond acceptors (Lipinski definition) is 7. The first-order valence-electron chi connectivity index (χ1n) is 17.4. The molecule has 0 bridgehead atoms. The summed E-state index contributed by atoms with van der Waals surface area (Å²) in [5.41, 5.74) is 6.50. The highest BCUT2D eigenvalue weighted by Crippen LogP contribution is 2.54. The monoisotopic (exact) mass is 661 g/mol. The van der Waals surface area contributed by atoms with Gasteiger partial charge >= 0.3 is 0 Å². The lowest BCUT2D eigenvalue weighted by Crippen LogP contribution is -2.64. The van der Waals surface area contributed by atoms with E-state index in [9.17, 15) is 24.3 Å². The second-order valence-corrected chi connectivity index (χ2v) is 16.4. The Hall–Kier alpha value is -2.53. The number of carbonyl (C=O) groups is 4. The number of piperidine rings is 1. The zero-order valence-electron chi connectivity index (χ0n) is 28.8. The maximum absolute atomic E-state index is 12.6. The van der Waals surface area contributed by atoms with Crippen LogP contribution in [0, 0.1) is 28.6 Å². The van der Waals surface area contributed by atoms with E-state index in [-0.39, 0.29) is 30.0 Å². The van der Waals surface area contributed by atoms with Crippen LogP contribution in [0.25, 0.3) is 0 Å². The number of primary amides is 1. The van der Waals surface area contributed by atoms with Gasteiger partial charge in [-0.2, -0.15) is 0 Å². The normalized spacial score (nSPS) is 25.0. The van der Waals surface area contributed by atoms with Crippen molar-refractivity contribution in [1.82, 2.24) is 19.7 Å². The molecule has 46 heavy (non-hydrogen) atoms. The highest BCUT2D eigenvalue weighted by Gasteiger charge is 2.61. The van der Waals surface area contributed by atoms with Crippen LogP contribution in [0.1, 0.15) is 116 Å². The van der Waals surface area contributed by atoms with Gasteiger partial charge in [0.1, 0.15) is 4.88 Å². The van der Waals surface area contributed by atoms with E-state index in [1.54, 1.807) is 16.6 Å². The van der Waals surface area contributed by atoms with Crippen LogP contribution < -0.4 is 5.73 Å². The van der Waals surface area contributed by atoms with Crippen molar-refractivity contribution in [3.05, 3.63) is 16.6 Å². The van der Waals surface area contributed by atoms with E-state index in [1.165, 1.54) is 62.7 Å². The predicted octanol–water partition coefficient (Wildman–Crippen LogP) is 4.96. The highest BCUT2D eigenvalue weighted by atomic mass is 32.1. The third kappa shape index (κ3) is 8.88. The molecule has 4 heterocycles. The van der Waals surface area contributed by atoms with E-state index in [4.69, 9.17) is 5.73 Å². The molecule has 3 aliphatic heterocycles. The van der Waals surface area contributed by atoms with Crippen LogP contribution in [0.15, 0.2) is 11.7 Å². The number of hydrogen-bond donors (Lipinski definition) is 2. The minimum absolute atomic E-state index is 0. The molecule has 0 aromatic carbocycles. The van der Waals surface area contributed by atoms with E-state index in [1.807, 2.05) is 23.6 Å². The van der Waals surface area contributed by atoms with Crippen LogP contribution in [0.5, 0.6) is 0 Å². The van der Waals surface area contributed by atoms with E-state index in [0.29, 0.717) is 42.9 Å². The van der Waals surface area contributed by atoms with Crippen molar-refractivity contribution >= 4 is 35.0 Å². The molecule has 3 N–H and O–H groups in total. The molecular weight excluding hydrogens is 602 g/mol. The second-order valence-electron chi connectivity index (χ2n) is 15.5. The van der Waals surface area contributed by atoms with Gasteiger partial charge in [0.2, 0.25) is 17.7 Å². The van der Waals surface area contributed by atoms with Gasteiger partial charge in [-0.05, 0) is 70.1 Å². The molecule has 1 aromatic heterocycles. The molecule has 5 fully saturated rings. The van der Waals surface area contributed by atoms with Crippen molar-refractivity contribution in [3.8, 4) is 0 Å². The molecule has 2 aliphatic carbocycles. The van der Waals surface area contributed by atoms with Crippen molar-refractivity contribution in [3.63, 3.8) is 0 Å². The number of aliphatic hydroxyl groups is 1. The highest BCUT2D eigenvalue weighted by molar-refractivity contribution is 7.11. The van der Waals surface area contributed by atoms with Gasteiger partial charge in [-0.1, -0.05) is 40.0 Å². The summed E-state index contributed by atoms with van der Waals surface area (Å²) in [6, 6.07) is 0. The number of aromatic nitrogens is 1. The Morgan fingerprint density at radius 3 is 2.04 bits per heavy atom. The fourth-order valence-corrected chi connectivity index (χ4v) is 8.20.